The van der Waals surface area contributed by atoms with Crippen LogP contribution in [0.15, 0.2) is 48.5 Å². The molecule has 1 aliphatic rings. The summed E-state index contributed by atoms with van der Waals surface area (Å²) in [4.78, 5) is 48.8. The molecule has 1 unspecified atom stereocenters. The number of likely N-dealkylation sites (N-methyl/N-ethyl adjacent to an activating group) is 1. The first kappa shape index (κ1) is 21.0. The highest BCUT2D eigenvalue weighted by Gasteiger charge is 2.30. The van der Waals surface area contributed by atoms with Crippen LogP contribution in [0.2, 0.25) is 0 Å². The van der Waals surface area contributed by atoms with Gasteiger partial charge >= 0.3 is 5.91 Å². The number of amides is 3. The highest BCUT2D eigenvalue weighted by Crippen LogP contribution is 2.19. The number of nitrogens with one attached hydrogen (secondary N) is 2. The summed E-state index contributed by atoms with van der Waals surface area (Å²) in [7, 11) is 1.76. The molecule has 0 radical (unpaired) electrons. The van der Waals surface area contributed by atoms with Gasteiger partial charge in [-0.25, -0.2) is 0 Å². The van der Waals surface area contributed by atoms with Gasteiger partial charge in [0, 0.05) is 35.7 Å². The molecule has 2 aromatic rings. The van der Waals surface area contributed by atoms with E-state index in [0.29, 0.717) is 29.8 Å². The Hall–Kier alpha value is -3.76. The number of anilines is 1. The Morgan fingerprint density at radius 2 is 2.00 bits per heavy atom. The maximum absolute atomic E-state index is 12.1. The third-order valence-corrected chi connectivity index (χ3v) is 4.78. The molecule has 2 N–H and O–H groups in total. The Morgan fingerprint density at radius 1 is 1.23 bits per heavy atom. The van der Waals surface area contributed by atoms with Gasteiger partial charge in [0.05, 0.1) is 6.04 Å². The second-order valence-electron chi connectivity index (χ2n) is 6.98. The molecule has 3 amide bonds. The van der Waals surface area contributed by atoms with E-state index in [9.17, 15) is 19.2 Å². The Morgan fingerprint density at radius 3 is 2.70 bits per heavy atom. The lowest BCUT2D eigenvalue weighted by Gasteiger charge is -2.30. The number of piperidine rings is 1. The van der Waals surface area contributed by atoms with Crippen molar-refractivity contribution in [1.82, 2.24) is 10.2 Å². The lowest BCUT2D eigenvalue weighted by Crippen LogP contribution is -2.51. The molecule has 1 aliphatic heterocycles. The first-order valence-electron chi connectivity index (χ1n) is 9.46. The quantitative estimate of drug-likeness (QED) is 0.450. The van der Waals surface area contributed by atoms with Crippen LogP contribution < -0.4 is 10.6 Å². The molecule has 1 saturated heterocycles. The van der Waals surface area contributed by atoms with Crippen LogP contribution in [0.4, 0.5) is 5.69 Å². The zero-order valence-electron chi connectivity index (χ0n) is 16.5. The first-order valence-corrected chi connectivity index (χ1v) is 9.46. The predicted octanol–water partition coefficient (Wildman–Crippen LogP) is 1.73. The van der Waals surface area contributed by atoms with Crippen molar-refractivity contribution in [2.24, 2.45) is 0 Å². The van der Waals surface area contributed by atoms with Crippen molar-refractivity contribution in [2.75, 3.05) is 12.4 Å². The minimum Gasteiger partial charge on any atom is -0.315 e. The van der Waals surface area contributed by atoms with E-state index >= 15 is 0 Å². The van der Waals surface area contributed by atoms with E-state index < -0.39 is 11.9 Å². The molecule has 0 spiro atoms. The van der Waals surface area contributed by atoms with Gasteiger partial charge in [0.2, 0.25) is 11.8 Å². The van der Waals surface area contributed by atoms with Gasteiger partial charge in [-0.3, -0.25) is 29.4 Å². The number of benzene rings is 2. The molecular weight excluding hydrogens is 382 g/mol. The molecule has 0 saturated carbocycles. The molecule has 2 aromatic carbocycles. The van der Waals surface area contributed by atoms with Crippen molar-refractivity contribution in [3.63, 3.8) is 0 Å². The van der Waals surface area contributed by atoms with Crippen molar-refractivity contribution >= 4 is 29.7 Å². The Labute approximate surface area is 174 Å². The molecule has 1 heterocycles. The summed E-state index contributed by atoms with van der Waals surface area (Å²) in [5.74, 6) is 4.23. The van der Waals surface area contributed by atoms with Crippen LogP contribution in [0, 0.1) is 11.8 Å². The van der Waals surface area contributed by atoms with Crippen LogP contribution in [0.5, 0.6) is 0 Å². The Balaban J connectivity index is 1.71. The summed E-state index contributed by atoms with van der Waals surface area (Å²) in [5.41, 5.74) is 2.35. The van der Waals surface area contributed by atoms with Crippen LogP contribution in [-0.4, -0.2) is 42.0 Å². The van der Waals surface area contributed by atoms with Crippen molar-refractivity contribution in [3.05, 3.63) is 65.2 Å². The smallest absolute Gasteiger partial charge is 0.300 e. The number of nitrogens with zero attached hydrogens (tertiary/aromatic N) is 1. The van der Waals surface area contributed by atoms with Crippen molar-refractivity contribution in [1.29, 1.82) is 0 Å². The molecule has 152 valence electrons. The van der Waals surface area contributed by atoms with Crippen molar-refractivity contribution < 1.29 is 19.2 Å². The van der Waals surface area contributed by atoms with E-state index in [1.807, 2.05) is 30.3 Å². The van der Waals surface area contributed by atoms with Crippen LogP contribution in [-0.2, 0) is 20.9 Å². The van der Waals surface area contributed by atoms with Crippen molar-refractivity contribution in [3.8, 4) is 11.8 Å². The SMILES string of the molecule is CN(Cc1cc(NC(=O)C#Cc2ccccc2)ccc1C=O)C1CCC(=O)NC1=O. The summed E-state index contributed by atoms with van der Waals surface area (Å²) >= 11 is 0. The fraction of sp³-hybridized carbons (Fsp3) is 0.217. The number of hydrogen-bond donors (Lipinski definition) is 2. The average molecular weight is 403 g/mol. The zero-order chi connectivity index (χ0) is 21.5. The van der Waals surface area contributed by atoms with Gasteiger partial charge in [0.1, 0.15) is 6.29 Å². The van der Waals surface area contributed by atoms with Gasteiger partial charge in [-0.05, 0) is 49.4 Å². The van der Waals surface area contributed by atoms with Gasteiger partial charge in [-0.2, -0.15) is 0 Å². The second-order valence-corrected chi connectivity index (χ2v) is 6.98. The van der Waals surface area contributed by atoms with E-state index in [0.717, 1.165) is 11.8 Å². The molecular formula is C23H21N3O4. The van der Waals surface area contributed by atoms with Crippen LogP contribution in [0.3, 0.4) is 0 Å². The van der Waals surface area contributed by atoms with Crippen molar-refractivity contribution in [2.45, 2.75) is 25.4 Å². The van der Waals surface area contributed by atoms with Crippen LogP contribution in [0.25, 0.3) is 0 Å². The van der Waals surface area contributed by atoms with E-state index in [-0.39, 0.29) is 18.2 Å². The lowest BCUT2D eigenvalue weighted by molar-refractivity contribution is -0.137. The predicted molar refractivity (Wildman–Crippen MR) is 111 cm³/mol. The summed E-state index contributed by atoms with van der Waals surface area (Å²) < 4.78 is 0. The fourth-order valence-electron chi connectivity index (χ4n) is 3.23. The molecule has 0 aliphatic carbocycles. The van der Waals surface area contributed by atoms with Gasteiger partial charge < -0.3 is 5.32 Å². The van der Waals surface area contributed by atoms with Gasteiger partial charge in [0.25, 0.3) is 0 Å². The number of aldehydes is 1. The molecule has 1 fully saturated rings. The zero-order valence-corrected chi connectivity index (χ0v) is 16.5. The molecule has 0 bridgehead atoms. The summed E-state index contributed by atoms with van der Waals surface area (Å²) in [5, 5.41) is 5.03. The second kappa shape index (κ2) is 9.63. The highest BCUT2D eigenvalue weighted by atomic mass is 16.2. The standard InChI is InChI=1S/C23H21N3O4/c1-26(20-10-12-22(29)25-23(20)30)14-18-13-19(9-8-17(18)15-27)24-21(28)11-7-16-5-3-2-4-6-16/h2-6,8-9,13,15,20H,10,12,14H2,1H3,(H,24,28)(H,25,29,30). The Bertz CT molecular complexity index is 1040. The molecule has 0 aromatic heterocycles. The van der Waals surface area contributed by atoms with Gasteiger partial charge in [-0.15, -0.1) is 0 Å². The minimum atomic E-state index is -0.470. The third kappa shape index (κ3) is 5.40. The number of carbonyl (C=O) groups excluding carboxylic acids is 4. The first-order chi connectivity index (χ1) is 14.5. The molecule has 3 rings (SSSR count). The largest absolute Gasteiger partial charge is 0.315 e. The number of imide groups is 1. The molecule has 30 heavy (non-hydrogen) atoms. The average Bonchev–Trinajstić information content (AvgIpc) is 2.73. The lowest BCUT2D eigenvalue weighted by atomic mass is 10.0. The number of hydrogen-bond acceptors (Lipinski definition) is 5. The van der Waals surface area contributed by atoms with E-state index in [4.69, 9.17) is 0 Å². The fourth-order valence-corrected chi connectivity index (χ4v) is 3.23. The summed E-state index contributed by atoms with van der Waals surface area (Å²) in [6, 6.07) is 13.6. The Kier molecular flexibility index (Phi) is 6.73. The van der Waals surface area contributed by atoms with Crippen LogP contribution >= 0.6 is 0 Å². The summed E-state index contributed by atoms with van der Waals surface area (Å²) in [6.07, 6.45) is 1.43. The third-order valence-electron chi connectivity index (χ3n) is 4.78. The molecule has 7 heteroatoms. The highest BCUT2D eigenvalue weighted by molar-refractivity contribution is 6.04. The van der Waals surface area contributed by atoms with Crippen LogP contribution in [0.1, 0.15) is 34.3 Å². The maximum Gasteiger partial charge on any atom is 0.300 e. The summed E-state index contributed by atoms with van der Waals surface area (Å²) in [6.45, 7) is 0.305. The normalized spacial score (nSPS) is 15.7. The maximum atomic E-state index is 12.1. The molecule has 1 atom stereocenters. The van der Waals surface area contributed by atoms with E-state index in [1.165, 1.54) is 0 Å². The minimum absolute atomic E-state index is 0.275. The number of carbonyl (C=O) groups is 4. The topological polar surface area (TPSA) is 95.6 Å². The van der Waals surface area contributed by atoms with Gasteiger partial charge in [0.15, 0.2) is 0 Å². The number of rotatable bonds is 5. The van der Waals surface area contributed by atoms with Gasteiger partial charge in [-0.1, -0.05) is 24.1 Å². The molecule has 7 nitrogen and oxygen atoms in total. The van der Waals surface area contributed by atoms with E-state index in [2.05, 4.69) is 22.5 Å². The monoisotopic (exact) mass is 403 g/mol. The van der Waals surface area contributed by atoms with E-state index in [1.54, 1.807) is 30.1 Å².